The minimum Gasteiger partial charge on any atom is -0.498 e. The first kappa shape index (κ1) is 15.0. The monoisotopic (exact) mass is 368 g/mol. The number of hydrogen-bond donors (Lipinski definition) is 0. The van der Waals surface area contributed by atoms with Crippen molar-refractivity contribution in [3.8, 4) is 0 Å². The van der Waals surface area contributed by atoms with E-state index in [0.717, 1.165) is 16.8 Å². The minimum absolute atomic E-state index is 0.104. The van der Waals surface area contributed by atoms with Crippen LogP contribution in [-0.2, 0) is 10.2 Å². The van der Waals surface area contributed by atoms with Gasteiger partial charge in [0.25, 0.3) is 0 Å². The van der Waals surface area contributed by atoms with E-state index >= 15 is 0 Å². The fourth-order valence-corrected chi connectivity index (χ4v) is 4.36. The summed E-state index contributed by atoms with van der Waals surface area (Å²) in [5, 5.41) is 0. The standard InChI is InChI=1S/C21H21BrO/c1-14(2)19-12-21(16-6-4-3-5-7-16)18(13-23-19)20(21)15-8-10-17(22)11-9-15/h3-12,14,18,20H,13H2,1-2H3/t18-,20-,21+/m1/s1. The second-order valence-electron chi connectivity index (χ2n) is 6.95. The molecule has 23 heavy (non-hydrogen) atoms. The number of fused-ring (bicyclic) bond motifs is 1. The number of halogens is 1. The molecule has 3 atom stereocenters. The first-order chi connectivity index (χ1) is 11.1. The van der Waals surface area contributed by atoms with Gasteiger partial charge in [0, 0.05) is 27.6 Å². The molecule has 0 saturated heterocycles. The van der Waals surface area contributed by atoms with Crippen LogP contribution in [0.15, 0.2) is 70.9 Å². The molecule has 4 rings (SSSR count). The first-order valence-electron chi connectivity index (χ1n) is 8.29. The molecule has 118 valence electrons. The van der Waals surface area contributed by atoms with Crippen LogP contribution >= 0.6 is 15.9 Å². The summed E-state index contributed by atoms with van der Waals surface area (Å²) < 4.78 is 7.20. The first-order valence-corrected chi connectivity index (χ1v) is 9.09. The van der Waals surface area contributed by atoms with Gasteiger partial charge in [0.2, 0.25) is 0 Å². The lowest BCUT2D eigenvalue weighted by Crippen LogP contribution is -2.19. The van der Waals surface area contributed by atoms with Crippen molar-refractivity contribution in [1.82, 2.24) is 0 Å². The van der Waals surface area contributed by atoms with E-state index in [-0.39, 0.29) is 5.41 Å². The molecule has 0 aromatic heterocycles. The molecule has 2 aromatic rings. The Balaban J connectivity index is 1.81. The third-order valence-corrected chi connectivity index (χ3v) is 5.83. The molecule has 1 fully saturated rings. The molecule has 1 saturated carbocycles. The lowest BCUT2D eigenvalue weighted by atomic mass is 9.87. The van der Waals surface area contributed by atoms with Crippen molar-refractivity contribution in [3.05, 3.63) is 82.0 Å². The molecule has 0 unspecified atom stereocenters. The largest absolute Gasteiger partial charge is 0.498 e. The van der Waals surface area contributed by atoms with Crippen LogP contribution in [0.2, 0.25) is 0 Å². The molecular weight excluding hydrogens is 348 g/mol. The number of benzene rings is 2. The summed E-state index contributed by atoms with van der Waals surface area (Å²) in [6.45, 7) is 5.24. The highest BCUT2D eigenvalue weighted by molar-refractivity contribution is 9.10. The van der Waals surface area contributed by atoms with Gasteiger partial charge in [-0.15, -0.1) is 0 Å². The highest BCUT2D eigenvalue weighted by Crippen LogP contribution is 2.68. The topological polar surface area (TPSA) is 9.23 Å². The van der Waals surface area contributed by atoms with Gasteiger partial charge in [0.05, 0.1) is 12.4 Å². The third-order valence-electron chi connectivity index (χ3n) is 5.30. The van der Waals surface area contributed by atoms with Crippen molar-refractivity contribution in [2.45, 2.75) is 25.2 Å². The van der Waals surface area contributed by atoms with Crippen LogP contribution in [0, 0.1) is 11.8 Å². The zero-order valence-electron chi connectivity index (χ0n) is 13.5. The Bertz CT molecular complexity index is 732. The average Bonchev–Trinajstić information content (AvgIpc) is 3.26. The average molecular weight is 369 g/mol. The lowest BCUT2D eigenvalue weighted by Gasteiger charge is -2.24. The highest BCUT2D eigenvalue weighted by atomic mass is 79.9. The molecule has 0 N–H and O–H groups in total. The van der Waals surface area contributed by atoms with Gasteiger partial charge in [-0.05, 0) is 29.3 Å². The van der Waals surface area contributed by atoms with E-state index < -0.39 is 0 Å². The molecule has 1 aliphatic heterocycles. The Labute approximate surface area is 146 Å². The highest BCUT2D eigenvalue weighted by Gasteiger charge is 2.66. The fraction of sp³-hybridized carbons (Fsp3) is 0.333. The molecule has 1 nitrogen and oxygen atoms in total. The van der Waals surface area contributed by atoms with Crippen molar-refractivity contribution in [2.75, 3.05) is 6.61 Å². The predicted octanol–water partition coefficient (Wildman–Crippen LogP) is 5.67. The number of allylic oxidation sites excluding steroid dienone is 2. The number of hydrogen-bond acceptors (Lipinski definition) is 1. The van der Waals surface area contributed by atoms with Crippen LogP contribution in [0.1, 0.15) is 30.9 Å². The summed E-state index contributed by atoms with van der Waals surface area (Å²) in [6, 6.07) is 19.7. The maximum absolute atomic E-state index is 6.07. The van der Waals surface area contributed by atoms with Crippen LogP contribution in [0.5, 0.6) is 0 Å². The van der Waals surface area contributed by atoms with Gasteiger partial charge >= 0.3 is 0 Å². The van der Waals surface area contributed by atoms with Crippen molar-refractivity contribution >= 4 is 15.9 Å². The third kappa shape index (κ3) is 2.35. The van der Waals surface area contributed by atoms with Crippen LogP contribution in [0.3, 0.4) is 0 Å². The molecule has 2 aromatic carbocycles. The summed E-state index contributed by atoms with van der Waals surface area (Å²) in [5.41, 5.74) is 2.93. The molecular formula is C21H21BrO. The van der Waals surface area contributed by atoms with E-state index in [4.69, 9.17) is 4.74 Å². The second kappa shape index (κ2) is 5.52. The zero-order valence-corrected chi connectivity index (χ0v) is 15.1. The minimum atomic E-state index is 0.104. The second-order valence-corrected chi connectivity index (χ2v) is 7.86. The van der Waals surface area contributed by atoms with Crippen LogP contribution in [-0.4, -0.2) is 6.61 Å². The Morgan fingerprint density at radius 3 is 2.39 bits per heavy atom. The summed E-state index contributed by atoms with van der Waals surface area (Å²) >= 11 is 3.54. The molecule has 0 bridgehead atoms. The van der Waals surface area contributed by atoms with Gasteiger partial charge in [-0.2, -0.15) is 0 Å². The van der Waals surface area contributed by atoms with Gasteiger partial charge < -0.3 is 4.74 Å². The fourth-order valence-electron chi connectivity index (χ4n) is 4.09. The molecule has 2 aliphatic rings. The summed E-state index contributed by atoms with van der Waals surface area (Å²) in [6.07, 6.45) is 2.41. The van der Waals surface area contributed by atoms with E-state index in [0.29, 0.717) is 17.8 Å². The van der Waals surface area contributed by atoms with Gasteiger partial charge in [0.15, 0.2) is 0 Å². The molecule has 2 heteroatoms. The van der Waals surface area contributed by atoms with E-state index in [1.165, 1.54) is 11.1 Å². The predicted molar refractivity (Wildman–Crippen MR) is 97.4 cm³/mol. The Hall–Kier alpha value is -1.54. The van der Waals surface area contributed by atoms with E-state index in [2.05, 4.69) is 90.5 Å². The summed E-state index contributed by atoms with van der Waals surface area (Å²) in [5.74, 6) is 2.62. The SMILES string of the molecule is CC(C)C1=C[C@]2(c3ccccc3)[C@H](CO1)[C@H]2c1ccc(Br)cc1. The van der Waals surface area contributed by atoms with Crippen molar-refractivity contribution < 1.29 is 4.74 Å². The van der Waals surface area contributed by atoms with Gasteiger partial charge in [-0.3, -0.25) is 0 Å². The van der Waals surface area contributed by atoms with E-state index in [9.17, 15) is 0 Å². The molecule has 0 spiro atoms. The number of ether oxygens (including phenoxy) is 1. The summed E-state index contributed by atoms with van der Waals surface area (Å²) in [7, 11) is 0. The Kier molecular flexibility index (Phi) is 3.60. The normalized spacial score (nSPS) is 28.8. The zero-order chi connectivity index (χ0) is 16.0. The van der Waals surface area contributed by atoms with Crippen LogP contribution in [0.25, 0.3) is 0 Å². The molecule has 1 heterocycles. The maximum atomic E-state index is 6.07. The van der Waals surface area contributed by atoms with Gasteiger partial charge in [0.1, 0.15) is 0 Å². The van der Waals surface area contributed by atoms with Crippen molar-refractivity contribution in [2.24, 2.45) is 11.8 Å². The van der Waals surface area contributed by atoms with Gasteiger partial charge in [-0.1, -0.05) is 72.2 Å². The molecule has 1 aliphatic carbocycles. The van der Waals surface area contributed by atoms with Crippen molar-refractivity contribution in [3.63, 3.8) is 0 Å². The van der Waals surface area contributed by atoms with E-state index in [1.807, 2.05) is 0 Å². The molecule has 0 amide bonds. The Morgan fingerprint density at radius 1 is 1.04 bits per heavy atom. The smallest absolute Gasteiger partial charge is 0.0954 e. The number of rotatable bonds is 3. The maximum Gasteiger partial charge on any atom is 0.0954 e. The van der Waals surface area contributed by atoms with E-state index in [1.54, 1.807) is 0 Å². The van der Waals surface area contributed by atoms with Gasteiger partial charge in [-0.25, -0.2) is 0 Å². The van der Waals surface area contributed by atoms with Crippen LogP contribution < -0.4 is 0 Å². The molecule has 0 radical (unpaired) electrons. The quantitative estimate of drug-likeness (QED) is 0.677. The van der Waals surface area contributed by atoms with Crippen molar-refractivity contribution in [1.29, 1.82) is 0 Å². The van der Waals surface area contributed by atoms with Crippen LogP contribution in [0.4, 0.5) is 0 Å². The summed E-state index contributed by atoms with van der Waals surface area (Å²) in [4.78, 5) is 0. The Morgan fingerprint density at radius 2 is 1.74 bits per heavy atom. The lowest BCUT2D eigenvalue weighted by molar-refractivity contribution is 0.153.